The maximum Gasteiger partial charge on any atom is 0.417 e. The van der Waals surface area contributed by atoms with E-state index in [0.717, 1.165) is 12.3 Å². The lowest BCUT2D eigenvalue weighted by molar-refractivity contribution is -0.137. The van der Waals surface area contributed by atoms with Crippen LogP contribution in [0.5, 0.6) is 0 Å². The summed E-state index contributed by atoms with van der Waals surface area (Å²) in [5, 5.41) is 0. The minimum Gasteiger partial charge on any atom is -0.369 e. The van der Waals surface area contributed by atoms with Gasteiger partial charge in [0.1, 0.15) is 0 Å². The molecule has 1 aromatic carbocycles. The first-order valence-corrected chi connectivity index (χ1v) is 5.77. The average Bonchev–Trinajstić information content (AvgIpc) is 2.38. The topological polar surface area (TPSA) is 56.0 Å². The Bertz CT molecular complexity index is 638. The number of nitrogens with two attached hydrogens (primary N) is 1. The Morgan fingerprint density at radius 1 is 1.20 bits per heavy atom. The number of hydrogen-bond donors (Lipinski definition) is 1. The number of rotatable bonds is 3. The molecule has 2 aromatic rings. The molecular weight excluding hydrogens is 269 g/mol. The highest BCUT2D eigenvalue weighted by molar-refractivity contribution is 5.80. The third-order valence-electron chi connectivity index (χ3n) is 2.76. The van der Waals surface area contributed by atoms with Gasteiger partial charge in [0.2, 0.25) is 5.91 Å². The molecule has 20 heavy (non-hydrogen) atoms. The second kappa shape index (κ2) is 5.32. The minimum atomic E-state index is -4.46. The molecule has 104 valence electrons. The summed E-state index contributed by atoms with van der Waals surface area (Å²) in [7, 11) is 0. The Morgan fingerprint density at radius 2 is 1.90 bits per heavy atom. The number of primary amides is 1. The summed E-state index contributed by atoms with van der Waals surface area (Å²) >= 11 is 0. The number of halogens is 3. The third kappa shape index (κ3) is 3.14. The first-order valence-electron chi connectivity index (χ1n) is 5.77. The molecule has 6 heteroatoms. The van der Waals surface area contributed by atoms with Crippen LogP contribution >= 0.6 is 0 Å². The zero-order valence-corrected chi connectivity index (χ0v) is 10.3. The van der Waals surface area contributed by atoms with Crippen molar-refractivity contribution in [2.75, 3.05) is 0 Å². The molecule has 0 bridgehead atoms. The van der Waals surface area contributed by atoms with Gasteiger partial charge in [0.15, 0.2) is 0 Å². The van der Waals surface area contributed by atoms with E-state index in [1.807, 2.05) is 0 Å². The number of alkyl halides is 3. The van der Waals surface area contributed by atoms with Gasteiger partial charge in [-0.05, 0) is 17.2 Å². The second-order valence-corrected chi connectivity index (χ2v) is 4.26. The van der Waals surface area contributed by atoms with E-state index in [-0.39, 0.29) is 6.42 Å². The average molecular weight is 280 g/mol. The quantitative estimate of drug-likeness (QED) is 0.939. The van der Waals surface area contributed by atoms with E-state index >= 15 is 0 Å². The van der Waals surface area contributed by atoms with Gasteiger partial charge in [-0.3, -0.25) is 9.78 Å². The molecule has 1 amide bonds. The molecule has 3 nitrogen and oxygen atoms in total. The fraction of sp³-hybridized carbons (Fsp3) is 0.143. The molecule has 0 aliphatic rings. The van der Waals surface area contributed by atoms with Gasteiger partial charge >= 0.3 is 6.18 Å². The molecule has 0 radical (unpaired) electrons. The summed E-state index contributed by atoms with van der Waals surface area (Å²) in [6.07, 6.45) is -2.40. The lowest BCUT2D eigenvalue weighted by Crippen LogP contribution is -2.14. The lowest BCUT2D eigenvalue weighted by Gasteiger charge is -2.11. The van der Waals surface area contributed by atoms with E-state index < -0.39 is 17.6 Å². The van der Waals surface area contributed by atoms with Crippen LogP contribution in [0.25, 0.3) is 11.1 Å². The van der Waals surface area contributed by atoms with Crippen LogP contribution in [-0.4, -0.2) is 10.9 Å². The van der Waals surface area contributed by atoms with Crippen molar-refractivity contribution in [3.05, 3.63) is 53.9 Å². The number of benzene rings is 1. The van der Waals surface area contributed by atoms with Crippen molar-refractivity contribution in [3.63, 3.8) is 0 Å². The van der Waals surface area contributed by atoms with Crippen LogP contribution < -0.4 is 5.73 Å². The largest absolute Gasteiger partial charge is 0.417 e. The van der Waals surface area contributed by atoms with E-state index in [2.05, 4.69) is 4.98 Å². The zero-order chi connectivity index (χ0) is 14.8. The molecule has 0 atom stereocenters. The number of carbonyl (C=O) groups excluding carboxylic acids is 1. The normalized spacial score (nSPS) is 11.3. The van der Waals surface area contributed by atoms with Gasteiger partial charge in [-0.2, -0.15) is 13.2 Å². The molecule has 0 spiro atoms. The van der Waals surface area contributed by atoms with Crippen molar-refractivity contribution in [3.8, 4) is 11.1 Å². The first kappa shape index (κ1) is 14.0. The lowest BCUT2D eigenvalue weighted by atomic mass is 9.98. The summed E-state index contributed by atoms with van der Waals surface area (Å²) < 4.78 is 38.0. The van der Waals surface area contributed by atoms with Crippen molar-refractivity contribution >= 4 is 5.91 Å². The molecule has 1 heterocycles. The van der Waals surface area contributed by atoms with E-state index in [1.165, 1.54) is 6.20 Å². The molecular formula is C14H11F3N2O. The van der Waals surface area contributed by atoms with E-state index in [0.29, 0.717) is 16.7 Å². The Morgan fingerprint density at radius 3 is 2.55 bits per heavy atom. The number of amides is 1. The van der Waals surface area contributed by atoms with Gasteiger partial charge in [0.05, 0.1) is 12.0 Å². The predicted molar refractivity (Wildman–Crippen MR) is 67.6 cm³/mol. The molecule has 0 saturated heterocycles. The molecule has 0 saturated carbocycles. The Hall–Kier alpha value is -2.37. The summed E-state index contributed by atoms with van der Waals surface area (Å²) in [5.74, 6) is -0.544. The highest BCUT2D eigenvalue weighted by Crippen LogP contribution is 2.32. The van der Waals surface area contributed by atoms with Gasteiger partial charge in [-0.15, -0.1) is 0 Å². The SMILES string of the molecule is NC(=O)Cc1ccccc1-c1cncc(C(F)(F)F)c1. The van der Waals surface area contributed by atoms with Crippen LogP contribution in [0.4, 0.5) is 13.2 Å². The minimum absolute atomic E-state index is 0.0353. The van der Waals surface area contributed by atoms with Crippen molar-refractivity contribution in [1.82, 2.24) is 4.98 Å². The van der Waals surface area contributed by atoms with Gasteiger partial charge in [0, 0.05) is 18.0 Å². The van der Waals surface area contributed by atoms with Gasteiger partial charge in [0.25, 0.3) is 0 Å². The number of carbonyl (C=O) groups is 1. The highest BCUT2D eigenvalue weighted by atomic mass is 19.4. The van der Waals surface area contributed by atoms with Crippen LogP contribution in [0.2, 0.25) is 0 Å². The smallest absolute Gasteiger partial charge is 0.369 e. The van der Waals surface area contributed by atoms with Gasteiger partial charge in [-0.1, -0.05) is 24.3 Å². The summed E-state index contributed by atoms with van der Waals surface area (Å²) in [6.45, 7) is 0. The van der Waals surface area contributed by atoms with Crippen molar-refractivity contribution in [2.45, 2.75) is 12.6 Å². The first-order chi connectivity index (χ1) is 9.38. The molecule has 0 unspecified atom stereocenters. The molecule has 0 aliphatic heterocycles. The maximum absolute atomic E-state index is 12.7. The van der Waals surface area contributed by atoms with Crippen LogP contribution in [0.3, 0.4) is 0 Å². The Labute approximate surface area is 113 Å². The Balaban J connectivity index is 2.49. The van der Waals surface area contributed by atoms with Gasteiger partial charge < -0.3 is 5.73 Å². The third-order valence-corrected chi connectivity index (χ3v) is 2.76. The van der Waals surface area contributed by atoms with Crippen molar-refractivity contribution in [2.24, 2.45) is 5.73 Å². The maximum atomic E-state index is 12.7. The highest BCUT2D eigenvalue weighted by Gasteiger charge is 2.31. The van der Waals surface area contributed by atoms with E-state index in [4.69, 9.17) is 5.73 Å². The van der Waals surface area contributed by atoms with Crippen molar-refractivity contribution in [1.29, 1.82) is 0 Å². The number of hydrogen-bond acceptors (Lipinski definition) is 2. The number of nitrogens with zero attached hydrogens (tertiary/aromatic N) is 1. The standard InChI is InChI=1S/C14H11F3N2O/c15-14(16,17)11-5-10(7-19-8-11)12-4-2-1-3-9(12)6-13(18)20/h1-5,7-8H,6H2,(H2,18,20). The zero-order valence-electron chi connectivity index (χ0n) is 10.3. The fourth-order valence-electron chi connectivity index (χ4n) is 1.89. The van der Waals surface area contributed by atoms with Crippen LogP contribution in [0.1, 0.15) is 11.1 Å². The molecule has 0 fully saturated rings. The summed E-state index contributed by atoms with van der Waals surface area (Å²) in [5.41, 5.74) is 5.70. The molecule has 2 N–H and O–H groups in total. The number of pyridine rings is 1. The van der Waals surface area contributed by atoms with Crippen LogP contribution in [0, 0.1) is 0 Å². The monoisotopic (exact) mass is 280 g/mol. The molecule has 1 aromatic heterocycles. The van der Waals surface area contributed by atoms with E-state index in [1.54, 1.807) is 24.3 Å². The van der Waals surface area contributed by atoms with E-state index in [9.17, 15) is 18.0 Å². The second-order valence-electron chi connectivity index (χ2n) is 4.26. The van der Waals surface area contributed by atoms with Gasteiger partial charge in [-0.25, -0.2) is 0 Å². The van der Waals surface area contributed by atoms with Crippen LogP contribution in [0.15, 0.2) is 42.7 Å². The van der Waals surface area contributed by atoms with Crippen LogP contribution in [-0.2, 0) is 17.4 Å². The number of aromatic nitrogens is 1. The van der Waals surface area contributed by atoms with Crippen molar-refractivity contribution < 1.29 is 18.0 Å². The predicted octanol–water partition coefficient (Wildman–Crippen LogP) is 2.80. The Kier molecular flexibility index (Phi) is 3.74. The fourth-order valence-corrected chi connectivity index (χ4v) is 1.89. The summed E-state index contributed by atoms with van der Waals surface area (Å²) in [4.78, 5) is 14.6. The molecule has 2 rings (SSSR count). The molecule has 0 aliphatic carbocycles. The summed E-state index contributed by atoms with van der Waals surface area (Å²) in [6, 6.07) is 7.67.